The Morgan fingerprint density at radius 2 is 1.39 bits per heavy atom. The number of benzene rings is 6. The van der Waals surface area contributed by atoms with Crippen molar-refractivity contribution in [1.29, 1.82) is 0 Å². The maximum atomic E-state index is 3.92. The summed E-state index contributed by atoms with van der Waals surface area (Å²) in [5, 5.41) is 2.49. The molecule has 250 valence electrons. The number of fused-ring (bicyclic) bond motifs is 7. The SMILES string of the molecule is CN1[CH-]N(c2[c-]c3c(cc2)-n2c4ccc(C(C)(C)C)cc4c4cccc(c42)N3c2[c-]c(-n3[c-][n+](C)c4ccccc43)ccc2)c2ccccc21.[Pt+4]. The molecular formula is C44H35N6Pt+. The topological polar surface area (TPSA) is 23.5 Å². The van der Waals surface area contributed by atoms with Gasteiger partial charge in [0.25, 0.3) is 0 Å². The van der Waals surface area contributed by atoms with Gasteiger partial charge in [0, 0.05) is 27.7 Å². The van der Waals surface area contributed by atoms with E-state index in [2.05, 4.69) is 192 Å². The van der Waals surface area contributed by atoms with E-state index in [1.807, 2.05) is 11.6 Å². The van der Waals surface area contributed by atoms with Gasteiger partial charge in [-0.05, 0) is 59.7 Å². The second-order valence-corrected chi connectivity index (χ2v) is 14.4. The van der Waals surface area contributed by atoms with Crippen LogP contribution in [0.3, 0.4) is 0 Å². The molecule has 2 aliphatic rings. The Bertz CT molecular complexity index is 2680. The van der Waals surface area contributed by atoms with Crippen LogP contribution in [-0.2, 0) is 33.5 Å². The number of imidazole rings is 1. The number of aromatic nitrogens is 3. The van der Waals surface area contributed by atoms with Crippen molar-refractivity contribution < 1.29 is 25.6 Å². The summed E-state index contributed by atoms with van der Waals surface area (Å²) in [4.78, 5) is 6.74. The van der Waals surface area contributed by atoms with Gasteiger partial charge < -0.3 is 28.4 Å². The number of aryl methyl sites for hydroxylation is 1. The van der Waals surface area contributed by atoms with Gasteiger partial charge in [-0.25, -0.2) is 0 Å². The number of hydrogen-bond donors (Lipinski definition) is 0. The Labute approximate surface area is 312 Å². The minimum Gasteiger partial charge on any atom is -0.504 e. The van der Waals surface area contributed by atoms with Crippen molar-refractivity contribution in [3.05, 3.63) is 146 Å². The standard InChI is InChI=1S/C44H35N6.Pt/c1-44(2,3)29-20-22-35-34(24-29)33-14-11-19-41-43(33)50(35)40-23-21-31(48-28-46(5)37-16-7-9-18-39(37)48)26-42(40)49(41)32-13-10-12-30(25-32)47-27-45(4)36-15-6-8-17-38(36)47;/h6-24,28H,1-5H3;/q-3;+4. The molecule has 6 aromatic carbocycles. The monoisotopic (exact) mass is 842 g/mol. The van der Waals surface area contributed by atoms with Gasteiger partial charge in [-0.2, -0.15) is 24.9 Å². The largest absolute Gasteiger partial charge is 4.00 e. The first-order chi connectivity index (χ1) is 24.3. The second-order valence-electron chi connectivity index (χ2n) is 14.4. The minimum atomic E-state index is 0. The molecule has 10 rings (SSSR count). The van der Waals surface area contributed by atoms with E-state index < -0.39 is 0 Å². The van der Waals surface area contributed by atoms with Crippen LogP contribution in [0.15, 0.2) is 115 Å². The molecule has 2 aromatic heterocycles. The summed E-state index contributed by atoms with van der Waals surface area (Å²) in [5.74, 6) is 0. The number of nitrogens with zero attached hydrogens (tertiary/aromatic N) is 6. The third-order valence-electron chi connectivity index (χ3n) is 10.3. The van der Waals surface area contributed by atoms with Gasteiger partial charge in [-0.3, -0.25) is 0 Å². The van der Waals surface area contributed by atoms with Crippen LogP contribution in [0.25, 0.3) is 44.2 Å². The van der Waals surface area contributed by atoms with Gasteiger partial charge in [0.05, 0.1) is 29.3 Å². The average Bonchev–Trinajstić information content (AvgIpc) is 3.78. The minimum absolute atomic E-state index is 0. The molecule has 2 aliphatic heterocycles. The fraction of sp³-hybridized carbons (Fsp3) is 0.136. The smallest absolute Gasteiger partial charge is 0.504 e. The molecule has 0 amide bonds. The zero-order chi connectivity index (χ0) is 33.9. The van der Waals surface area contributed by atoms with Crippen LogP contribution in [0, 0.1) is 25.1 Å². The summed E-state index contributed by atoms with van der Waals surface area (Å²) in [6.07, 6.45) is 3.50. The van der Waals surface area contributed by atoms with Gasteiger partial charge in [0.1, 0.15) is 0 Å². The Morgan fingerprint density at radius 1 is 0.647 bits per heavy atom. The number of para-hydroxylation sites is 5. The van der Waals surface area contributed by atoms with Crippen molar-refractivity contribution in [2.24, 2.45) is 7.05 Å². The van der Waals surface area contributed by atoms with Crippen molar-refractivity contribution in [3.8, 4) is 11.4 Å². The first-order valence-corrected chi connectivity index (χ1v) is 17.1. The van der Waals surface area contributed by atoms with Crippen LogP contribution in [-0.4, -0.2) is 16.2 Å². The fourth-order valence-electron chi connectivity index (χ4n) is 7.81. The summed E-state index contributed by atoms with van der Waals surface area (Å²) in [6, 6.07) is 49.1. The number of hydrogen-bond acceptors (Lipinski definition) is 3. The summed E-state index contributed by atoms with van der Waals surface area (Å²) in [6.45, 7) is 8.98. The van der Waals surface area contributed by atoms with Gasteiger partial charge in [0.15, 0.2) is 0 Å². The molecule has 8 aromatic rings. The molecule has 0 unspecified atom stereocenters. The first kappa shape index (κ1) is 31.6. The molecule has 0 radical (unpaired) electrons. The molecule has 0 aliphatic carbocycles. The quantitative estimate of drug-likeness (QED) is 0.131. The van der Waals surface area contributed by atoms with E-state index in [0.717, 1.165) is 56.5 Å². The predicted molar refractivity (Wildman–Crippen MR) is 204 cm³/mol. The average molecular weight is 843 g/mol. The predicted octanol–water partition coefficient (Wildman–Crippen LogP) is 9.74. The maximum Gasteiger partial charge on any atom is 4.00 e. The maximum absolute atomic E-state index is 3.92. The van der Waals surface area contributed by atoms with Gasteiger partial charge in [0.2, 0.25) is 6.33 Å². The first-order valence-electron chi connectivity index (χ1n) is 17.1. The van der Waals surface area contributed by atoms with Gasteiger partial charge in [-0.1, -0.05) is 86.7 Å². The zero-order valence-corrected chi connectivity index (χ0v) is 31.3. The van der Waals surface area contributed by atoms with E-state index in [1.165, 1.54) is 27.4 Å². The van der Waals surface area contributed by atoms with E-state index in [4.69, 9.17) is 0 Å². The van der Waals surface area contributed by atoms with Crippen LogP contribution in [0.4, 0.5) is 34.1 Å². The molecule has 51 heavy (non-hydrogen) atoms. The Morgan fingerprint density at radius 3 is 2.24 bits per heavy atom. The third kappa shape index (κ3) is 4.62. The van der Waals surface area contributed by atoms with Crippen molar-refractivity contribution in [1.82, 2.24) is 9.13 Å². The van der Waals surface area contributed by atoms with Crippen LogP contribution < -0.4 is 19.3 Å². The van der Waals surface area contributed by atoms with E-state index in [1.54, 1.807) is 0 Å². The van der Waals surface area contributed by atoms with Crippen LogP contribution in [0.5, 0.6) is 0 Å². The van der Waals surface area contributed by atoms with Crippen LogP contribution in [0.2, 0.25) is 0 Å². The summed E-state index contributed by atoms with van der Waals surface area (Å²) in [5.41, 5.74) is 14.2. The van der Waals surface area contributed by atoms with E-state index in [9.17, 15) is 0 Å². The molecule has 4 heterocycles. The molecule has 0 N–H and O–H groups in total. The molecule has 0 saturated carbocycles. The molecule has 0 spiro atoms. The van der Waals surface area contributed by atoms with Crippen LogP contribution in [0.1, 0.15) is 26.3 Å². The number of rotatable bonds is 3. The summed E-state index contributed by atoms with van der Waals surface area (Å²) < 4.78 is 6.57. The molecule has 7 heteroatoms. The summed E-state index contributed by atoms with van der Waals surface area (Å²) >= 11 is 0. The number of anilines is 6. The second kappa shape index (κ2) is 11.3. The third-order valence-corrected chi connectivity index (χ3v) is 10.3. The fourth-order valence-corrected chi connectivity index (χ4v) is 7.81. The Balaban J connectivity index is 0.00000348. The van der Waals surface area contributed by atoms with Crippen LogP contribution >= 0.6 is 0 Å². The molecule has 6 nitrogen and oxygen atoms in total. The zero-order valence-electron chi connectivity index (χ0n) is 29.0. The molecule has 0 bridgehead atoms. The Kier molecular flexibility index (Phi) is 7.04. The van der Waals surface area contributed by atoms with Gasteiger partial charge >= 0.3 is 21.1 Å². The van der Waals surface area contributed by atoms with Crippen molar-refractivity contribution in [2.45, 2.75) is 26.2 Å². The molecular weight excluding hydrogens is 808 g/mol. The molecule has 0 saturated heterocycles. The van der Waals surface area contributed by atoms with E-state index in [0.29, 0.717) is 0 Å². The van der Waals surface area contributed by atoms with Crippen molar-refractivity contribution >= 4 is 67.0 Å². The van der Waals surface area contributed by atoms with Gasteiger partial charge in [-0.15, -0.1) is 30.0 Å². The molecule has 0 atom stereocenters. The van der Waals surface area contributed by atoms with E-state index >= 15 is 0 Å². The Hall–Kier alpha value is -5.32. The summed E-state index contributed by atoms with van der Waals surface area (Å²) in [7, 11) is 4.13. The van der Waals surface area contributed by atoms with Crippen molar-refractivity contribution in [2.75, 3.05) is 21.7 Å². The van der Waals surface area contributed by atoms with E-state index in [-0.39, 0.29) is 26.5 Å². The van der Waals surface area contributed by atoms with Crippen molar-refractivity contribution in [3.63, 3.8) is 0 Å². The molecule has 0 fully saturated rings. The normalized spacial score (nSPS) is 13.6.